The average Bonchev–Trinajstić information content (AvgIpc) is 3.40. The summed E-state index contributed by atoms with van der Waals surface area (Å²) in [6, 6.07) is 14.1. The number of aryl methyl sites for hydroxylation is 1. The first-order valence-electron chi connectivity index (χ1n) is 10.4. The van der Waals surface area contributed by atoms with Gasteiger partial charge in [0, 0.05) is 43.5 Å². The summed E-state index contributed by atoms with van der Waals surface area (Å²) in [6.07, 6.45) is 1.49. The quantitative estimate of drug-likeness (QED) is 0.490. The molecule has 1 fully saturated rings. The van der Waals surface area contributed by atoms with Gasteiger partial charge >= 0.3 is 0 Å². The van der Waals surface area contributed by atoms with Crippen LogP contribution in [0.15, 0.2) is 53.7 Å². The highest BCUT2D eigenvalue weighted by molar-refractivity contribution is 7.99. The summed E-state index contributed by atoms with van der Waals surface area (Å²) >= 11 is 1.23. The van der Waals surface area contributed by atoms with Crippen molar-refractivity contribution in [1.29, 1.82) is 0 Å². The molecule has 33 heavy (non-hydrogen) atoms. The zero-order chi connectivity index (χ0) is 23.2. The van der Waals surface area contributed by atoms with Gasteiger partial charge in [0.25, 0.3) is 5.91 Å². The second-order valence-electron chi connectivity index (χ2n) is 7.57. The van der Waals surface area contributed by atoms with Gasteiger partial charge < -0.3 is 15.5 Å². The van der Waals surface area contributed by atoms with Crippen LogP contribution in [0.4, 0.5) is 11.4 Å². The molecule has 3 aromatic rings. The van der Waals surface area contributed by atoms with Crippen LogP contribution in [-0.4, -0.2) is 55.1 Å². The number of carbonyl (C=O) groups excluding carboxylic acids is 3. The Labute approximate surface area is 194 Å². The molecular weight excluding hydrogens is 442 g/mol. The molecule has 1 aliphatic heterocycles. The number of amides is 3. The zero-order valence-electron chi connectivity index (χ0n) is 18.0. The van der Waals surface area contributed by atoms with E-state index in [1.54, 1.807) is 31.3 Å². The van der Waals surface area contributed by atoms with Gasteiger partial charge in [0.2, 0.25) is 17.0 Å². The lowest BCUT2D eigenvalue weighted by molar-refractivity contribution is -0.128. The molecule has 0 saturated carbocycles. The lowest BCUT2D eigenvalue weighted by Gasteiger charge is -2.16. The highest BCUT2D eigenvalue weighted by atomic mass is 32.2. The fourth-order valence-electron chi connectivity index (χ4n) is 3.42. The molecule has 2 N–H and O–H groups in total. The first-order chi connectivity index (χ1) is 16.0. The number of carbonyl (C=O) groups is 3. The van der Waals surface area contributed by atoms with Crippen molar-refractivity contribution in [2.75, 3.05) is 22.9 Å². The number of nitrogens with one attached hydrogen (secondary N) is 2. The summed E-state index contributed by atoms with van der Waals surface area (Å²) in [7, 11) is 1.70. The molecule has 3 amide bonds. The Hall–Kier alpha value is -3.73. The van der Waals surface area contributed by atoms with Crippen molar-refractivity contribution in [2.45, 2.75) is 24.5 Å². The molecule has 170 valence electrons. The topological polar surface area (TPSA) is 122 Å². The summed E-state index contributed by atoms with van der Waals surface area (Å²) in [5.74, 6) is -0.127. The maximum atomic E-state index is 12.6. The molecule has 10 nitrogen and oxygen atoms in total. The first-order valence-corrected chi connectivity index (χ1v) is 11.4. The van der Waals surface area contributed by atoms with Crippen LogP contribution in [0.5, 0.6) is 0 Å². The number of aromatic nitrogens is 4. The van der Waals surface area contributed by atoms with Crippen LogP contribution in [0, 0.1) is 0 Å². The summed E-state index contributed by atoms with van der Waals surface area (Å²) < 4.78 is 1.49. The predicted octanol–water partition coefficient (Wildman–Crippen LogP) is 2.32. The molecule has 11 heteroatoms. The summed E-state index contributed by atoms with van der Waals surface area (Å²) in [4.78, 5) is 38.4. The Morgan fingerprint density at radius 3 is 2.61 bits per heavy atom. The maximum Gasteiger partial charge on any atom is 0.255 e. The number of rotatable bonds is 8. The number of likely N-dealkylation sites (tertiary alicyclic amines) is 1. The summed E-state index contributed by atoms with van der Waals surface area (Å²) in [5, 5.41) is 17.3. The van der Waals surface area contributed by atoms with Crippen LogP contribution < -0.4 is 10.6 Å². The van der Waals surface area contributed by atoms with Gasteiger partial charge in [-0.15, -0.1) is 5.10 Å². The number of anilines is 2. The molecule has 0 aliphatic carbocycles. The molecule has 1 aromatic heterocycles. The number of nitrogens with zero attached hydrogens (tertiary/aromatic N) is 5. The highest BCUT2D eigenvalue weighted by Gasteiger charge is 2.20. The number of hydrogen-bond acceptors (Lipinski definition) is 7. The van der Waals surface area contributed by atoms with Crippen LogP contribution >= 0.6 is 11.8 Å². The van der Waals surface area contributed by atoms with Gasteiger partial charge in [0.05, 0.1) is 5.75 Å². The zero-order valence-corrected chi connectivity index (χ0v) is 18.8. The summed E-state index contributed by atoms with van der Waals surface area (Å²) in [5.41, 5.74) is 2.69. The Kier molecular flexibility index (Phi) is 6.98. The Morgan fingerprint density at radius 2 is 1.91 bits per heavy atom. The van der Waals surface area contributed by atoms with Gasteiger partial charge in [-0.3, -0.25) is 14.4 Å². The minimum absolute atomic E-state index is 0.163. The predicted molar refractivity (Wildman–Crippen MR) is 124 cm³/mol. The van der Waals surface area contributed by atoms with E-state index in [0.717, 1.165) is 18.5 Å². The third-order valence-electron chi connectivity index (χ3n) is 5.07. The lowest BCUT2D eigenvalue weighted by Crippen LogP contribution is -2.23. The van der Waals surface area contributed by atoms with E-state index in [1.165, 1.54) is 16.4 Å². The van der Waals surface area contributed by atoms with E-state index in [9.17, 15) is 14.4 Å². The minimum Gasteiger partial charge on any atom is -0.338 e. The molecule has 0 bridgehead atoms. The van der Waals surface area contributed by atoms with E-state index in [2.05, 4.69) is 26.2 Å². The normalized spacial score (nSPS) is 13.2. The number of thioether (sulfide) groups is 1. The molecule has 0 spiro atoms. The number of hydrogen-bond donors (Lipinski definition) is 2. The molecule has 1 saturated heterocycles. The van der Waals surface area contributed by atoms with Crippen molar-refractivity contribution in [3.8, 4) is 0 Å². The van der Waals surface area contributed by atoms with Gasteiger partial charge in [0.15, 0.2) is 0 Å². The van der Waals surface area contributed by atoms with E-state index in [0.29, 0.717) is 35.1 Å². The smallest absolute Gasteiger partial charge is 0.255 e. The van der Waals surface area contributed by atoms with E-state index < -0.39 is 0 Å². The van der Waals surface area contributed by atoms with Crippen LogP contribution in [-0.2, 0) is 23.2 Å². The van der Waals surface area contributed by atoms with Gasteiger partial charge in [-0.25, -0.2) is 4.68 Å². The monoisotopic (exact) mass is 465 g/mol. The lowest BCUT2D eigenvalue weighted by atomic mass is 10.1. The van der Waals surface area contributed by atoms with Crippen molar-refractivity contribution in [3.05, 3.63) is 59.7 Å². The van der Waals surface area contributed by atoms with Crippen LogP contribution in [0.3, 0.4) is 0 Å². The average molecular weight is 466 g/mol. The van der Waals surface area contributed by atoms with Crippen LogP contribution in [0.1, 0.15) is 28.8 Å². The van der Waals surface area contributed by atoms with Gasteiger partial charge in [-0.1, -0.05) is 23.9 Å². The Morgan fingerprint density at radius 1 is 1.09 bits per heavy atom. The molecule has 2 heterocycles. The van der Waals surface area contributed by atoms with Gasteiger partial charge in [-0.05, 0) is 58.8 Å². The Bertz CT molecular complexity index is 1160. The molecule has 1 aliphatic rings. The third-order valence-corrected chi connectivity index (χ3v) is 6.08. The molecule has 2 aromatic carbocycles. The molecule has 0 unspecified atom stereocenters. The van der Waals surface area contributed by atoms with Gasteiger partial charge in [0.1, 0.15) is 0 Å². The second kappa shape index (κ2) is 10.3. The Balaban J connectivity index is 1.30. The van der Waals surface area contributed by atoms with Gasteiger partial charge in [-0.2, -0.15) is 0 Å². The fourth-order valence-corrected chi connectivity index (χ4v) is 4.07. The van der Waals surface area contributed by atoms with Crippen molar-refractivity contribution < 1.29 is 14.4 Å². The van der Waals surface area contributed by atoms with Crippen LogP contribution in [0.2, 0.25) is 0 Å². The van der Waals surface area contributed by atoms with Crippen molar-refractivity contribution in [1.82, 2.24) is 25.1 Å². The SMILES string of the molecule is Cn1nnnc1SCC(=O)Nc1ccc(C(=O)Nc2cccc(CN3CCCC3=O)c2)cc1. The third kappa shape index (κ3) is 5.95. The fraction of sp³-hybridized carbons (Fsp3) is 0.273. The van der Waals surface area contributed by atoms with Crippen molar-refractivity contribution in [3.63, 3.8) is 0 Å². The molecule has 0 radical (unpaired) electrons. The summed E-state index contributed by atoms with van der Waals surface area (Å²) in [6.45, 7) is 1.32. The minimum atomic E-state index is -0.257. The molecule has 0 atom stereocenters. The highest BCUT2D eigenvalue weighted by Crippen LogP contribution is 2.19. The van der Waals surface area contributed by atoms with Crippen molar-refractivity contribution >= 4 is 40.9 Å². The van der Waals surface area contributed by atoms with E-state index in [4.69, 9.17) is 0 Å². The molecular formula is C22H23N7O3S. The van der Waals surface area contributed by atoms with Crippen LogP contribution in [0.25, 0.3) is 0 Å². The maximum absolute atomic E-state index is 12.6. The second-order valence-corrected chi connectivity index (χ2v) is 8.52. The largest absolute Gasteiger partial charge is 0.338 e. The van der Waals surface area contributed by atoms with E-state index >= 15 is 0 Å². The van der Waals surface area contributed by atoms with Crippen molar-refractivity contribution in [2.24, 2.45) is 7.05 Å². The standard InChI is InChI=1S/C22H23N7O3S/c1-28-22(25-26-27-28)33-14-19(30)23-17-9-7-16(8-10-17)21(32)24-18-5-2-4-15(12-18)13-29-11-3-6-20(29)31/h2,4-5,7-10,12H,3,6,11,13-14H2,1H3,(H,23,30)(H,24,32). The molecule has 4 rings (SSSR count). The van der Waals surface area contributed by atoms with E-state index in [-0.39, 0.29) is 23.5 Å². The first kappa shape index (κ1) is 22.5. The number of tetrazole rings is 1. The number of benzene rings is 2. The van der Waals surface area contributed by atoms with E-state index in [1.807, 2.05) is 29.2 Å².